The van der Waals surface area contributed by atoms with Gasteiger partial charge < -0.3 is 5.73 Å². The second kappa shape index (κ2) is 4.83. The summed E-state index contributed by atoms with van der Waals surface area (Å²) in [6, 6.07) is 3.28. The summed E-state index contributed by atoms with van der Waals surface area (Å²) < 4.78 is 0. The number of nitrogens with two attached hydrogens (primary N) is 1. The zero-order chi connectivity index (χ0) is 10.8. The molecule has 1 aliphatic rings. The van der Waals surface area contributed by atoms with E-state index in [1.165, 1.54) is 17.7 Å². The Hall–Kier alpha value is -0.0900. The third kappa shape index (κ3) is 2.72. The maximum absolute atomic E-state index is 5.95. The Morgan fingerprint density at radius 3 is 2.87 bits per heavy atom. The van der Waals surface area contributed by atoms with Crippen molar-refractivity contribution in [3.63, 3.8) is 0 Å². The summed E-state index contributed by atoms with van der Waals surface area (Å²) in [7, 11) is 0. The highest BCUT2D eigenvalue weighted by molar-refractivity contribution is 7.10. The molecular formula is C11H17ClN2S. The number of rotatable bonds is 5. The molecule has 1 aliphatic carbocycles. The summed E-state index contributed by atoms with van der Waals surface area (Å²) in [6.45, 7) is 3.97. The molecule has 84 valence electrons. The second-order valence-electron chi connectivity index (χ2n) is 4.10. The van der Waals surface area contributed by atoms with E-state index in [2.05, 4.69) is 17.9 Å². The van der Waals surface area contributed by atoms with Gasteiger partial charge in [0.2, 0.25) is 0 Å². The van der Waals surface area contributed by atoms with Crippen molar-refractivity contribution in [2.24, 2.45) is 5.73 Å². The number of halogens is 1. The van der Waals surface area contributed by atoms with Gasteiger partial charge in [0.1, 0.15) is 0 Å². The third-order valence-electron chi connectivity index (χ3n) is 2.90. The summed E-state index contributed by atoms with van der Waals surface area (Å²) in [5.41, 5.74) is 5.65. The van der Waals surface area contributed by atoms with E-state index < -0.39 is 0 Å². The molecule has 1 fully saturated rings. The van der Waals surface area contributed by atoms with E-state index in [9.17, 15) is 0 Å². The topological polar surface area (TPSA) is 29.3 Å². The predicted molar refractivity (Wildman–Crippen MR) is 66.5 cm³/mol. The van der Waals surface area contributed by atoms with Gasteiger partial charge in [-0.05, 0) is 25.8 Å². The van der Waals surface area contributed by atoms with Crippen LogP contribution in [0.15, 0.2) is 11.4 Å². The standard InChI is InChI=1S/C11H17ClN2S/c1-8(11-6-9(12)7-15-11)14(5-4-13)10-2-3-10/h6-8,10H,2-5,13H2,1H3. The first-order valence-electron chi connectivity index (χ1n) is 5.42. The van der Waals surface area contributed by atoms with Gasteiger partial charge in [-0.1, -0.05) is 11.6 Å². The van der Waals surface area contributed by atoms with Gasteiger partial charge >= 0.3 is 0 Å². The quantitative estimate of drug-likeness (QED) is 0.863. The normalized spacial score (nSPS) is 18.4. The molecule has 0 aromatic carbocycles. The minimum atomic E-state index is 0.457. The monoisotopic (exact) mass is 244 g/mol. The first-order valence-corrected chi connectivity index (χ1v) is 6.68. The Kier molecular flexibility index (Phi) is 3.67. The van der Waals surface area contributed by atoms with Crippen LogP contribution in [-0.2, 0) is 0 Å². The van der Waals surface area contributed by atoms with Crippen LogP contribution in [0, 0.1) is 0 Å². The first kappa shape index (κ1) is 11.4. The van der Waals surface area contributed by atoms with Crippen LogP contribution in [-0.4, -0.2) is 24.0 Å². The van der Waals surface area contributed by atoms with Crippen molar-refractivity contribution in [1.29, 1.82) is 0 Å². The molecule has 0 spiro atoms. The Morgan fingerprint density at radius 1 is 1.67 bits per heavy atom. The SMILES string of the molecule is CC(c1cc(Cl)cs1)N(CCN)C1CC1. The lowest BCUT2D eigenvalue weighted by Crippen LogP contribution is -2.33. The highest BCUT2D eigenvalue weighted by Crippen LogP contribution is 2.36. The Morgan fingerprint density at radius 2 is 2.40 bits per heavy atom. The summed E-state index contributed by atoms with van der Waals surface area (Å²) >= 11 is 7.69. The zero-order valence-corrected chi connectivity index (χ0v) is 10.5. The zero-order valence-electron chi connectivity index (χ0n) is 8.95. The number of thiophene rings is 1. The molecule has 1 atom stereocenters. The molecule has 1 unspecified atom stereocenters. The molecular weight excluding hydrogens is 228 g/mol. The average Bonchev–Trinajstić information content (AvgIpc) is 2.96. The fraction of sp³-hybridized carbons (Fsp3) is 0.636. The Labute approximate surface area is 100 Å². The number of hydrogen-bond acceptors (Lipinski definition) is 3. The molecule has 1 heterocycles. The fourth-order valence-corrected chi connectivity index (χ4v) is 3.12. The van der Waals surface area contributed by atoms with Crippen LogP contribution in [0.2, 0.25) is 5.02 Å². The number of hydrogen-bond donors (Lipinski definition) is 1. The minimum absolute atomic E-state index is 0.457. The summed E-state index contributed by atoms with van der Waals surface area (Å²) in [4.78, 5) is 3.85. The second-order valence-corrected chi connectivity index (χ2v) is 5.48. The largest absolute Gasteiger partial charge is 0.329 e. The average molecular weight is 245 g/mol. The van der Waals surface area contributed by atoms with Crippen molar-refractivity contribution >= 4 is 22.9 Å². The molecule has 2 rings (SSSR count). The molecule has 4 heteroatoms. The Bertz CT molecular complexity index is 322. The van der Waals surface area contributed by atoms with Crippen LogP contribution >= 0.6 is 22.9 Å². The van der Waals surface area contributed by atoms with Crippen LogP contribution in [0.1, 0.15) is 30.7 Å². The maximum Gasteiger partial charge on any atom is 0.0516 e. The van der Waals surface area contributed by atoms with Crippen LogP contribution in [0.5, 0.6) is 0 Å². The molecule has 1 saturated carbocycles. The molecule has 0 aliphatic heterocycles. The molecule has 2 N–H and O–H groups in total. The molecule has 0 amide bonds. The minimum Gasteiger partial charge on any atom is -0.329 e. The van der Waals surface area contributed by atoms with Crippen molar-refractivity contribution in [2.45, 2.75) is 31.8 Å². The van der Waals surface area contributed by atoms with Crippen LogP contribution in [0.25, 0.3) is 0 Å². The van der Waals surface area contributed by atoms with E-state index >= 15 is 0 Å². The Balaban J connectivity index is 2.06. The van der Waals surface area contributed by atoms with Gasteiger partial charge in [0.25, 0.3) is 0 Å². The molecule has 0 bridgehead atoms. The van der Waals surface area contributed by atoms with E-state index in [1.807, 2.05) is 5.38 Å². The van der Waals surface area contributed by atoms with E-state index in [1.54, 1.807) is 11.3 Å². The van der Waals surface area contributed by atoms with E-state index in [0.717, 1.165) is 24.2 Å². The van der Waals surface area contributed by atoms with Gasteiger partial charge in [-0.3, -0.25) is 4.90 Å². The molecule has 1 aromatic heterocycles. The van der Waals surface area contributed by atoms with Gasteiger partial charge in [-0.25, -0.2) is 0 Å². The number of nitrogens with zero attached hydrogens (tertiary/aromatic N) is 1. The summed E-state index contributed by atoms with van der Waals surface area (Å²) in [5.74, 6) is 0. The lowest BCUT2D eigenvalue weighted by atomic mass is 10.2. The highest BCUT2D eigenvalue weighted by atomic mass is 35.5. The fourth-order valence-electron chi connectivity index (χ4n) is 1.96. The van der Waals surface area contributed by atoms with Crippen molar-refractivity contribution < 1.29 is 0 Å². The van der Waals surface area contributed by atoms with Gasteiger partial charge in [-0.15, -0.1) is 11.3 Å². The van der Waals surface area contributed by atoms with Crippen molar-refractivity contribution in [2.75, 3.05) is 13.1 Å². The highest BCUT2D eigenvalue weighted by Gasteiger charge is 2.32. The van der Waals surface area contributed by atoms with E-state index in [-0.39, 0.29) is 0 Å². The predicted octanol–water partition coefficient (Wildman–Crippen LogP) is 2.89. The van der Waals surface area contributed by atoms with Gasteiger partial charge in [0.05, 0.1) is 5.02 Å². The first-order chi connectivity index (χ1) is 7.22. The van der Waals surface area contributed by atoms with Crippen LogP contribution in [0.3, 0.4) is 0 Å². The molecule has 0 saturated heterocycles. The lowest BCUT2D eigenvalue weighted by molar-refractivity contribution is 0.209. The van der Waals surface area contributed by atoms with Crippen molar-refractivity contribution in [3.05, 3.63) is 21.3 Å². The van der Waals surface area contributed by atoms with Crippen molar-refractivity contribution in [3.8, 4) is 0 Å². The summed E-state index contributed by atoms with van der Waals surface area (Å²) in [6.07, 6.45) is 2.65. The molecule has 0 radical (unpaired) electrons. The van der Waals surface area contributed by atoms with E-state index in [4.69, 9.17) is 17.3 Å². The van der Waals surface area contributed by atoms with Crippen LogP contribution < -0.4 is 5.73 Å². The van der Waals surface area contributed by atoms with Gasteiger partial charge in [-0.2, -0.15) is 0 Å². The van der Waals surface area contributed by atoms with Crippen molar-refractivity contribution in [1.82, 2.24) is 4.90 Å². The smallest absolute Gasteiger partial charge is 0.0516 e. The lowest BCUT2D eigenvalue weighted by Gasteiger charge is -2.27. The third-order valence-corrected chi connectivity index (χ3v) is 4.35. The van der Waals surface area contributed by atoms with E-state index in [0.29, 0.717) is 6.04 Å². The van der Waals surface area contributed by atoms with Gasteiger partial charge in [0, 0.05) is 35.4 Å². The molecule has 2 nitrogen and oxygen atoms in total. The molecule has 1 aromatic rings. The van der Waals surface area contributed by atoms with Gasteiger partial charge in [0.15, 0.2) is 0 Å². The maximum atomic E-state index is 5.95. The molecule has 15 heavy (non-hydrogen) atoms. The summed E-state index contributed by atoms with van der Waals surface area (Å²) in [5, 5.41) is 2.85. The van der Waals surface area contributed by atoms with Crippen LogP contribution in [0.4, 0.5) is 0 Å².